The van der Waals surface area contributed by atoms with Crippen molar-refractivity contribution in [2.45, 2.75) is 31.7 Å². The standard InChI is InChI=1S/C14H22BrNO4S/c1-5-16(11(3)10-19-4)21(17,18)14-9-12(15)7-8-13(14)20-6-2/h7-9,11H,5-6,10H2,1-4H3. The highest BCUT2D eigenvalue weighted by Gasteiger charge is 2.30. The molecule has 0 aliphatic carbocycles. The lowest BCUT2D eigenvalue weighted by molar-refractivity contribution is 0.142. The van der Waals surface area contributed by atoms with Crippen LogP contribution in [0.4, 0.5) is 0 Å². The quantitative estimate of drug-likeness (QED) is 0.696. The molecular formula is C14H22BrNO4S. The SMILES string of the molecule is CCOc1ccc(Br)cc1S(=O)(=O)N(CC)C(C)COC. The van der Waals surface area contributed by atoms with Gasteiger partial charge in [0.1, 0.15) is 10.6 Å². The molecule has 1 unspecified atom stereocenters. The number of ether oxygens (including phenoxy) is 2. The number of hydrogen-bond acceptors (Lipinski definition) is 4. The molecule has 0 bridgehead atoms. The summed E-state index contributed by atoms with van der Waals surface area (Å²) in [6.45, 7) is 6.56. The molecule has 0 saturated heterocycles. The van der Waals surface area contributed by atoms with Crippen molar-refractivity contribution >= 4 is 26.0 Å². The van der Waals surface area contributed by atoms with Crippen LogP contribution in [0.1, 0.15) is 20.8 Å². The Morgan fingerprint density at radius 3 is 2.52 bits per heavy atom. The predicted octanol–water partition coefficient (Wildman–Crippen LogP) is 2.89. The average Bonchev–Trinajstić information content (AvgIpc) is 2.41. The van der Waals surface area contributed by atoms with Crippen LogP contribution in [0, 0.1) is 0 Å². The van der Waals surface area contributed by atoms with Crippen molar-refractivity contribution in [3.8, 4) is 5.75 Å². The van der Waals surface area contributed by atoms with E-state index in [0.717, 1.165) is 0 Å². The molecule has 1 aromatic rings. The Morgan fingerprint density at radius 2 is 2.00 bits per heavy atom. The van der Waals surface area contributed by atoms with Crippen LogP contribution >= 0.6 is 15.9 Å². The third kappa shape index (κ3) is 4.42. The Balaban J connectivity index is 3.30. The third-order valence-electron chi connectivity index (χ3n) is 3.00. The zero-order chi connectivity index (χ0) is 16.0. The number of halogens is 1. The van der Waals surface area contributed by atoms with Gasteiger partial charge in [0.05, 0.1) is 13.2 Å². The van der Waals surface area contributed by atoms with Crippen LogP contribution < -0.4 is 4.74 Å². The summed E-state index contributed by atoms with van der Waals surface area (Å²) in [5, 5.41) is 0. The van der Waals surface area contributed by atoms with Crippen LogP contribution in [0.25, 0.3) is 0 Å². The summed E-state index contributed by atoms with van der Waals surface area (Å²) >= 11 is 3.32. The van der Waals surface area contributed by atoms with Gasteiger partial charge in [-0.2, -0.15) is 4.31 Å². The Morgan fingerprint density at radius 1 is 1.33 bits per heavy atom. The number of rotatable bonds is 8. The molecule has 0 spiro atoms. The Bertz CT molecular complexity index is 562. The molecule has 0 aliphatic heterocycles. The number of methoxy groups -OCH3 is 1. The highest BCUT2D eigenvalue weighted by Crippen LogP contribution is 2.30. The van der Waals surface area contributed by atoms with Crippen LogP contribution in [0.15, 0.2) is 27.6 Å². The zero-order valence-corrected chi connectivity index (χ0v) is 15.2. The lowest BCUT2D eigenvalue weighted by Crippen LogP contribution is -2.41. The third-order valence-corrected chi connectivity index (χ3v) is 5.61. The van der Waals surface area contributed by atoms with Crippen LogP contribution in [0.3, 0.4) is 0 Å². The Hall–Kier alpha value is -0.630. The second-order valence-electron chi connectivity index (χ2n) is 4.54. The molecule has 0 fully saturated rings. The maximum Gasteiger partial charge on any atom is 0.247 e. The maximum absolute atomic E-state index is 12.9. The molecule has 21 heavy (non-hydrogen) atoms. The Labute approximate surface area is 135 Å². The zero-order valence-electron chi connectivity index (χ0n) is 12.8. The van der Waals surface area contributed by atoms with Gasteiger partial charge < -0.3 is 9.47 Å². The molecule has 5 nitrogen and oxygen atoms in total. The van der Waals surface area contributed by atoms with Crippen molar-refractivity contribution in [1.29, 1.82) is 0 Å². The number of nitrogens with zero attached hydrogens (tertiary/aromatic N) is 1. The van der Waals surface area contributed by atoms with Gasteiger partial charge in [0, 0.05) is 24.2 Å². The van der Waals surface area contributed by atoms with E-state index >= 15 is 0 Å². The van der Waals surface area contributed by atoms with Crippen molar-refractivity contribution in [1.82, 2.24) is 4.31 Å². The lowest BCUT2D eigenvalue weighted by atomic mass is 10.3. The minimum absolute atomic E-state index is 0.170. The van der Waals surface area contributed by atoms with Gasteiger partial charge in [-0.1, -0.05) is 22.9 Å². The highest BCUT2D eigenvalue weighted by molar-refractivity contribution is 9.10. The van der Waals surface area contributed by atoms with Gasteiger partial charge in [-0.05, 0) is 32.0 Å². The average molecular weight is 380 g/mol. The second kappa shape index (κ2) is 8.12. The van der Waals surface area contributed by atoms with E-state index < -0.39 is 10.0 Å². The van der Waals surface area contributed by atoms with E-state index in [1.807, 2.05) is 20.8 Å². The first kappa shape index (κ1) is 18.4. The molecule has 120 valence electrons. The Kier molecular flexibility index (Phi) is 7.12. The molecule has 0 heterocycles. The van der Waals surface area contributed by atoms with Crippen molar-refractivity contribution < 1.29 is 17.9 Å². The largest absolute Gasteiger partial charge is 0.492 e. The summed E-state index contributed by atoms with van der Waals surface area (Å²) in [5.74, 6) is 0.365. The smallest absolute Gasteiger partial charge is 0.247 e. The summed E-state index contributed by atoms with van der Waals surface area (Å²) < 4.78 is 38.4. The van der Waals surface area contributed by atoms with Gasteiger partial charge in [-0.15, -0.1) is 0 Å². The van der Waals surface area contributed by atoms with E-state index in [-0.39, 0.29) is 10.9 Å². The van der Waals surface area contributed by atoms with Crippen LogP contribution in [-0.2, 0) is 14.8 Å². The number of sulfonamides is 1. The molecule has 1 aromatic carbocycles. The number of benzene rings is 1. The van der Waals surface area contributed by atoms with Crippen molar-refractivity contribution in [2.75, 3.05) is 26.9 Å². The fourth-order valence-corrected chi connectivity index (χ4v) is 4.42. The van der Waals surface area contributed by atoms with Crippen LogP contribution in [0.2, 0.25) is 0 Å². The molecule has 0 aromatic heterocycles. The van der Waals surface area contributed by atoms with Crippen LogP contribution in [-0.4, -0.2) is 45.6 Å². The molecule has 0 N–H and O–H groups in total. The minimum atomic E-state index is -3.65. The molecule has 1 atom stereocenters. The lowest BCUT2D eigenvalue weighted by Gasteiger charge is -2.27. The van der Waals surface area contributed by atoms with E-state index in [0.29, 0.717) is 30.0 Å². The molecular weight excluding hydrogens is 358 g/mol. The maximum atomic E-state index is 12.9. The second-order valence-corrected chi connectivity index (χ2v) is 7.31. The summed E-state index contributed by atoms with van der Waals surface area (Å²) in [5.41, 5.74) is 0. The van der Waals surface area contributed by atoms with Gasteiger partial charge in [-0.3, -0.25) is 0 Å². The minimum Gasteiger partial charge on any atom is -0.492 e. The first-order chi connectivity index (χ1) is 9.88. The van der Waals surface area contributed by atoms with Gasteiger partial charge in [0.2, 0.25) is 10.0 Å². The normalized spacial score (nSPS) is 13.4. The highest BCUT2D eigenvalue weighted by atomic mass is 79.9. The van der Waals surface area contributed by atoms with E-state index in [1.54, 1.807) is 25.3 Å². The van der Waals surface area contributed by atoms with E-state index in [2.05, 4.69) is 15.9 Å². The summed E-state index contributed by atoms with van der Waals surface area (Å²) in [6.07, 6.45) is 0. The number of likely N-dealkylation sites (N-methyl/N-ethyl adjacent to an activating group) is 1. The van der Waals surface area contributed by atoms with Gasteiger partial charge in [0.15, 0.2) is 0 Å². The van der Waals surface area contributed by atoms with Crippen molar-refractivity contribution in [3.05, 3.63) is 22.7 Å². The van der Waals surface area contributed by atoms with E-state index in [4.69, 9.17) is 9.47 Å². The summed E-state index contributed by atoms with van der Waals surface area (Å²) in [6, 6.07) is 4.75. The first-order valence-corrected chi connectivity index (χ1v) is 9.04. The van der Waals surface area contributed by atoms with Gasteiger partial charge >= 0.3 is 0 Å². The molecule has 0 aliphatic rings. The van der Waals surface area contributed by atoms with E-state index in [1.165, 1.54) is 4.31 Å². The number of hydrogen-bond donors (Lipinski definition) is 0. The van der Waals surface area contributed by atoms with Crippen LogP contribution in [0.5, 0.6) is 5.75 Å². The van der Waals surface area contributed by atoms with Crippen molar-refractivity contribution in [2.24, 2.45) is 0 Å². The summed E-state index contributed by atoms with van der Waals surface area (Å²) in [4.78, 5) is 0.170. The van der Waals surface area contributed by atoms with Gasteiger partial charge in [-0.25, -0.2) is 8.42 Å². The van der Waals surface area contributed by atoms with Gasteiger partial charge in [0.25, 0.3) is 0 Å². The fraction of sp³-hybridized carbons (Fsp3) is 0.571. The van der Waals surface area contributed by atoms with Crippen molar-refractivity contribution in [3.63, 3.8) is 0 Å². The molecule has 0 radical (unpaired) electrons. The first-order valence-electron chi connectivity index (χ1n) is 6.81. The molecule has 0 saturated carbocycles. The molecule has 1 rings (SSSR count). The van der Waals surface area contributed by atoms with E-state index in [9.17, 15) is 8.42 Å². The fourth-order valence-electron chi connectivity index (χ4n) is 2.13. The molecule has 0 amide bonds. The predicted molar refractivity (Wildman–Crippen MR) is 86.2 cm³/mol. The summed E-state index contributed by atoms with van der Waals surface area (Å²) in [7, 11) is -2.09. The topological polar surface area (TPSA) is 55.8 Å². The monoisotopic (exact) mass is 379 g/mol. The molecule has 7 heteroatoms.